The first kappa shape index (κ1) is 15.8. The molecule has 1 heterocycles. The topological polar surface area (TPSA) is 62.6 Å². The van der Waals surface area contributed by atoms with Gasteiger partial charge in [-0.3, -0.25) is 9.59 Å². The molecule has 0 fully saturated rings. The van der Waals surface area contributed by atoms with Crippen molar-refractivity contribution in [3.8, 4) is 0 Å². The molecule has 0 atom stereocenters. The Morgan fingerprint density at radius 2 is 1.91 bits per heavy atom. The molecule has 0 saturated heterocycles. The van der Waals surface area contributed by atoms with Gasteiger partial charge in [0.1, 0.15) is 0 Å². The van der Waals surface area contributed by atoms with Crippen LogP contribution in [0.25, 0.3) is 0 Å². The lowest BCUT2D eigenvalue weighted by Crippen LogP contribution is -2.37. The third-order valence-corrected chi connectivity index (χ3v) is 3.40. The molecule has 1 aromatic carbocycles. The average Bonchev–Trinajstić information content (AvgIpc) is 3.06. The summed E-state index contributed by atoms with van der Waals surface area (Å²) in [6, 6.07) is 11.1. The number of nitrogens with one attached hydrogen (secondary N) is 1. The molecule has 0 unspecified atom stereocenters. The molecule has 2 amide bonds. The van der Waals surface area contributed by atoms with Crippen molar-refractivity contribution >= 4 is 17.5 Å². The molecule has 0 aliphatic heterocycles. The molecule has 0 aliphatic rings. The molecule has 2 rings (SSSR count). The van der Waals surface area contributed by atoms with Gasteiger partial charge in [-0.05, 0) is 36.2 Å². The normalized spacial score (nSPS) is 10.3. The van der Waals surface area contributed by atoms with Crippen LogP contribution >= 0.6 is 0 Å². The van der Waals surface area contributed by atoms with Crippen LogP contribution in [0.1, 0.15) is 30.0 Å². The Labute approximate surface area is 129 Å². The van der Waals surface area contributed by atoms with Crippen LogP contribution in [0.4, 0.5) is 5.69 Å². The van der Waals surface area contributed by atoms with Crippen molar-refractivity contribution in [2.24, 2.45) is 0 Å². The number of furan rings is 1. The SMILES string of the molecule is CCc1ccc(N(CCNC(=O)c2ccco2)C(C)=O)cc1. The standard InChI is InChI=1S/C17H20N2O3/c1-3-14-6-8-15(9-7-14)19(13(2)20)11-10-18-17(21)16-5-4-12-22-16/h4-9,12H,3,10-11H2,1-2H3,(H,18,21). The summed E-state index contributed by atoms with van der Waals surface area (Å²) in [4.78, 5) is 25.2. The van der Waals surface area contributed by atoms with Crippen molar-refractivity contribution in [2.75, 3.05) is 18.0 Å². The maximum atomic E-state index is 11.8. The van der Waals surface area contributed by atoms with Crippen LogP contribution in [0.15, 0.2) is 47.1 Å². The molecule has 2 aromatic rings. The van der Waals surface area contributed by atoms with Crippen molar-refractivity contribution in [3.05, 3.63) is 54.0 Å². The van der Waals surface area contributed by atoms with Gasteiger partial charge in [0, 0.05) is 25.7 Å². The van der Waals surface area contributed by atoms with Gasteiger partial charge in [-0.2, -0.15) is 0 Å². The lowest BCUT2D eigenvalue weighted by Gasteiger charge is -2.21. The second-order valence-corrected chi connectivity index (χ2v) is 4.92. The zero-order chi connectivity index (χ0) is 15.9. The summed E-state index contributed by atoms with van der Waals surface area (Å²) < 4.78 is 5.02. The molecule has 5 heteroatoms. The summed E-state index contributed by atoms with van der Waals surface area (Å²) in [6.45, 7) is 4.37. The smallest absolute Gasteiger partial charge is 0.287 e. The van der Waals surface area contributed by atoms with Gasteiger partial charge in [0.2, 0.25) is 5.91 Å². The van der Waals surface area contributed by atoms with Gasteiger partial charge < -0.3 is 14.6 Å². The average molecular weight is 300 g/mol. The van der Waals surface area contributed by atoms with E-state index in [0.717, 1.165) is 12.1 Å². The van der Waals surface area contributed by atoms with Crippen molar-refractivity contribution in [1.29, 1.82) is 0 Å². The molecule has 1 aromatic heterocycles. The minimum atomic E-state index is -0.283. The number of carbonyl (C=O) groups excluding carboxylic acids is 2. The molecular formula is C17H20N2O3. The largest absolute Gasteiger partial charge is 0.459 e. The van der Waals surface area contributed by atoms with Crippen LogP contribution in [-0.2, 0) is 11.2 Å². The second kappa shape index (κ2) is 7.45. The fourth-order valence-corrected chi connectivity index (χ4v) is 2.16. The number of hydrogen-bond donors (Lipinski definition) is 1. The third-order valence-electron chi connectivity index (χ3n) is 3.40. The predicted molar refractivity (Wildman–Crippen MR) is 84.9 cm³/mol. The lowest BCUT2D eigenvalue weighted by atomic mass is 10.1. The number of nitrogens with zero attached hydrogens (tertiary/aromatic N) is 1. The van der Waals surface area contributed by atoms with Gasteiger partial charge in [0.05, 0.1) is 6.26 Å². The van der Waals surface area contributed by atoms with Crippen LogP contribution in [0.3, 0.4) is 0 Å². The summed E-state index contributed by atoms with van der Waals surface area (Å²) in [5.41, 5.74) is 2.05. The molecule has 0 saturated carbocycles. The van der Waals surface area contributed by atoms with Crippen molar-refractivity contribution in [2.45, 2.75) is 20.3 Å². The van der Waals surface area contributed by atoms with Crippen molar-refractivity contribution in [3.63, 3.8) is 0 Å². The summed E-state index contributed by atoms with van der Waals surface area (Å²) in [5.74, 6) is -0.0759. The summed E-state index contributed by atoms with van der Waals surface area (Å²) in [6.07, 6.45) is 2.41. The molecule has 0 aliphatic carbocycles. The Morgan fingerprint density at radius 3 is 2.45 bits per heavy atom. The fraction of sp³-hybridized carbons (Fsp3) is 0.294. The Hall–Kier alpha value is -2.56. The minimum absolute atomic E-state index is 0.0588. The van der Waals surface area contributed by atoms with E-state index in [9.17, 15) is 9.59 Å². The Morgan fingerprint density at radius 1 is 1.18 bits per heavy atom. The maximum absolute atomic E-state index is 11.8. The van der Waals surface area contributed by atoms with Gasteiger partial charge in [-0.25, -0.2) is 0 Å². The number of benzene rings is 1. The maximum Gasteiger partial charge on any atom is 0.287 e. The quantitative estimate of drug-likeness (QED) is 0.892. The first-order valence-corrected chi connectivity index (χ1v) is 7.30. The third kappa shape index (κ3) is 3.97. The molecule has 22 heavy (non-hydrogen) atoms. The van der Waals surface area contributed by atoms with Gasteiger partial charge in [-0.15, -0.1) is 0 Å². The minimum Gasteiger partial charge on any atom is -0.459 e. The second-order valence-electron chi connectivity index (χ2n) is 4.92. The van der Waals surface area contributed by atoms with E-state index >= 15 is 0 Å². The molecule has 0 bridgehead atoms. The van der Waals surface area contributed by atoms with Crippen LogP contribution in [-0.4, -0.2) is 24.9 Å². The lowest BCUT2D eigenvalue weighted by molar-refractivity contribution is -0.116. The predicted octanol–water partition coefficient (Wildman–Crippen LogP) is 2.62. The number of amides is 2. The van der Waals surface area contributed by atoms with Crippen molar-refractivity contribution in [1.82, 2.24) is 5.32 Å². The molecule has 116 valence electrons. The molecule has 1 N–H and O–H groups in total. The molecule has 0 spiro atoms. The fourth-order valence-electron chi connectivity index (χ4n) is 2.16. The molecule has 5 nitrogen and oxygen atoms in total. The summed E-state index contributed by atoms with van der Waals surface area (Å²) in [7, 11) is 0. The van der Waals surface area contributed by atoms with E-state index in [0.29, 0.717) is 13.1 Å². The van der Waals surface area contributed by atoms with E-state index in [1.165, 1.54) is 18.8 Å². The highest BCUT2D eigenvalue weighted by Crippen LogP contribution is 2.15. The van der Waals surface area contributed by atoms with E-state index in [1.54, 1.807) is 17.0 Å². The first-order valence-electron chi connectivity index (χ1n) is 7.30. The van der Waals surface area contributed by atoms with E-state index in [2.05, 4.69) is 12.2 Å². The van der Waals surface area contributed by atoms with Crippen LogP contribution in [0.2, 0.25) is 0 Å². The Kier molecular flexibility index (Phi) is 5.36. The van der Waals surface area contributed by atoms with Gasteiger partial charge in [0.25, 0.3) is 5.91 Å². The zero-order valence-corrected chi connectivity index (χ0v) is 12.8. The number of hydrogen-bond acceptors (Lipinski definition) is 3. The van der Waals surface area contributed by atoms with E-state index in [1.807, 2.05) is 24.3 Å². The van der Waals surface area contributed by atoms with E-state index in [4.69, 9.17) is 4.42 Å². The van der Waals surface area contributed by atoms with Crippen molar-refractivity contribution < 1.29 is 14.0 Å². The summed E-state index contributed by atoms with van der Waals surface area (Å²) >= 11 is 0. The van der Waals surface area contributed by atoms with Gasteiger partial charge >= 0.3 is 0 Å². The van der Waals surface area contributed by atoms with E-state index < -0.39 is 0 Å². The molecule has 0 radical (unpaired) electrons. The highest BCUT2D eigenvalue weighted by molar-refractivity contribution is 5.92. The number of anilines is 1. The highest BCUT2D eigenvalue weighted by atomic mass is 16.3. The number of carbonyl (C=O) groups is 2. The van der Waals surface area contributed by atoms with Crippen LogP contribution in [0, 0.1) is 0 Å². The van der Waals surface area contributed by atoms with Gasteiger partial charge in [-0.1, -0.05) is 19.1 Å². The van der Waals surface area contributed by atoms with Crippen LogP contribution in [0.5, 0.6) is 0 Å². The Balaban J connectivity index is 1.94. The monoisotopic (exact) mass is 300 g/mol. The molecular weight excluding hydrogens is 280 g/mol. The van der Waals surface area contributed by atoms with Gasteiger partial charge in [0.15, 0.2) is 5.76 Å². The zero-order valence-electron chi connectivity index (χ0n) is 12.8. The van der Waals surface area contributed by atoms with E-state index in [-0.39, 0.29) is 17.6 Å². The number of aryl methyl sites for hydroxylation is 1. The number of rotatable bonds is 6. The van der Waals surface area contributed by atoms with Crippen LogP contribution < -0.4 is 10.2 Å². The Bertz CT molecular complexity index is 618. The first-order chi connectivity index (χ1) is 10.6. The summed E-state index contributed by atoms with van der Waals surface area (Å²) in [5, 5.41) is 2.74. The highest BCUT2D eigenvalue weighted by Gasteiger charge is 2.13.